The molecule has 0 amide bonds. The molecule has 0 aliphatic heterocycles. The number of aryl methyl sites for hydroxylation is 2. The van der Waals surface area contributed by atoms with Crippen LogP contribution in [0.2, 0.25) is 0 Å². The second-order valence-corrected chi connectivity index (χ2v) is 7.16. The number of aromatic nitrogens is 2. The van der Waals surface area contributed by atoms with E-state index in [1.54, 1.807) is 0 Å². The Morgan fingerprint density at radius 3 is 2.52 bits per heavy atom. The lowest BCUT2D eigenvalue weighted by atomic mass is 9.90. The Hall–Kier alpha value is -2.68. The Kier molecular flexibility index (Phi) is 3.79. The van der Waals surface area contributed by atoms with Gasteiger partial charge in [-0.2, -0.15) is 4.98 Å². The summed E-state index contributed by atoms with van der Waals surface area (Å²) in [6.07, 6.45) is 4.49. The molecule has 0 bridgehead atoms. The molecule has 2 aromatic carbocycles. The van der Waals surface area contributed by atoms with Gasteiger partial charge in [0.05, 0.1) is 0 Å². The van der Waals surface area contributed by atoms with E-state index in [9.17, 15) is 0 Å². The first kappa shape index (κ1) is 15.8. The highest BCUT2D eigenvalue weighted by Gasteiger charge is 2.22. The van der Waals surface area contributed by atoms with Gasteiger partial charge >= 0.3 is 0 Å². The Labute approximate surface area is 148 Å². The van der Waals surface area contributed by atoms with Crippen molar-refractivity contribution in [3.63, 3.8) is 0 Å². The maximum atomic E-state index is 5.56. The van der Waals surface area contributed by atoms with Gasteiger partial charge in [0.25, 0.3) is 5.89 Å². The molecular weight excluding hydrogens is 308 g/mol. The molecule has 1 unspecified atom stereocenters. The minimum absolute atomic E-state index is 0.497. The molecule has 3 aromatic rings. The summed E-state index contributed by atoms with van der Waals surface area (Å²) in [5, 5.41) is 4.22. The summed E-state index contributed by atoms with van der Waals surface area (Å²) >= 11 is 0. The SMILES string of the molecule is Cc1cccc(C)c1-c1noc(-c2ccc3c(c2)C=CC3C(C)C)n1. The molecule has 4 rings (SSSR count). The number of benzene rings is 2. The van der Waals surface area contributed by atoms with E-state index in [-0.39, 0.29) is 0 Å². The Balaban J connectivity index is 1.71. The molecule has 1 aliphatic rings. The Morgan fingerprint density at radius 1 is 1.04 bits per heavy atom. The van der Waals surface area contributed by atoms with Crippen LogP contribution >= 0.6 is 0 Å². The van der Waals surface area contributed by atoms with Crippen molar-refractivity contribution in [2.24, 2.45) is 5.92 Å². The van der Waals surface area contributed by atoms with Gasteiger partial charge in [-0.1, -0.05) is 55.4 Å². The van der Waals surface area contributed by atoms with E-state index in [0.717, 1.165) is 22.3 Å². The minimum atomic E-state index is 0.497. The molecule has 1 aliphatic carbocycles. The summed E-state index contributed by atoms with van der Waals surface area (Å²) in [5.41, 5.74) is 6.97. The predicted octanol–water partition coefficient (Wildman–Crippen LogP) is 5.79. The van der Waals surface area contributed by atoms with Crippen LogP contribution in [0.25, 0.3) is 28.9 Å². The number of hydrogen-bond donors (Lipinski definition) is 0. The van der Waals surface area contributed by atoms with Gasteiger partial charge in [-0.25, -0.2) is 0 Å². The van der Waals surface area contributed by atoms with Crippen LogP contribution in [0, 0.1) is 19.8 Å². The molecule has 1 atom stereocenters. The van der Waals surface area contributed by atoms with Gasteiger partial charge in [-0.3, -0.25) is 0 Å². The first-order chi connectivity index (χ1) is 12.0. The standard InChI is InChI=1S/C22H22N2O/c1-13(2)18-10-8-16-12-17(9-11-19(16)18)22-23-21(24-25-22)20-14(3)6-5-7-15(20)4/h5-13,18H,1-4H3. The molecule has 3 nitrogen and oxygen atoms in total. The normalized spacial score (nSPS) is 15.8. The molecule has 0 spiro atoms. The van der Waals surface area contributed by atoms with E-state index in [1.807, 2.05) is 6.07 Å². The fourth-order valence-electron chi connectivity index (χ4n) is 3.66. The highest BCUT2D eigenvalue weighted by molar-refractivity contribution is 5.70. The molecular formula is C22H22N2O. The first-order valence-electron chi connectivity index (χ1n) is 8.77. The Bertz CT molecular complexity index is 946. The monoisotopic (exact) mass is 330 g/mol. The van der Waals surface area contributed by atoms with Gasteiger partial charge < -0.3 is 4.52 Å². The molecule has 0 saturated carbocycles. The van der Waals surface area contributed by atoms with Crippen LogP contribution in [-0.4, -0.2) is 10.1 Å². The topological polar surface area (TPSA) is 38.9 Å². The summed E-state index contributed by atoms with van der Waals surface area (Å²) in [4.78, 5) is 4.65. The molecule has 0 fully saturated rings. The molecule has 3 heteroatoms. The smallest absolute Gasteiger partial charge is 0.258 e. The lowest BCUT2D eigenvalue weighted by Gasteiger charge is -2.14. The average Bonchev–Trinajstić information content (AvgIpc) is 3.21. The summed E-state index contributed by atoms with van der Waals surface area (Å²) < 4.78 is 5.56. The second-order valence-electron chi connectivity index (χ2n) is 7.16. The van der Waals surface area contributed by atoms with E-state index in [1.165, 1.54) is 11.1 Å². The van der Waals surface area contributed by atoms with E-state index < -0.39 is 0 Å². The molecule has 25 heavy (non-hydrogen) atoms. The maximum Gasteiger partial charge on any atom is 0.258 e. The van der Waals surface area contributed by atoms with Gasteiger partial charge in [0.15, 0.2) is 0 Å². The van der Waals surface area contributed by atoms with Crippen LogP contribution < -0.4 is 0 Å². The predicted molar refractivity (Wildman–Crippen MR) is 101 cm³/mol. The lowest BCUT2D eigenvalue weighted by Crippen LogP contribution is -2.01. The zero-order chi connectivity index (χ0) is 17.6. The third-order valence-electron chi connectivity index (χ3n) is 5.02. The van der Waals surface area contributed by atoms with Crippen molar-refractivity contribution in [3.8, 4) is 22.8 Å². The van der Waals surface area contributed by atoms with Crippen molar-refractivity contribution in [2.45, 2.75) is 33.6 Å². The van der Waals surface area contributed by atoms with E-state index >= 15 is 0 Å². The number of allylic oxidation sites excluding steroid dienone is 1. The third-order valence-corrected chi connectivity index (χ3v) is 5.02. The van der Waals surface area contributed by atoms with Crippen LogP contribution in [0.4, 0.5) is 0 Å². The highest BCUT2D eigenvalue weighted by Crippen LogP contribution is 2.37. The fraction of sp³-hybridized carbons (Fsp3) is 0.273. The number of hydrogen-bond acceptors (Lipinski definition) is 3. The maximum absolute atomic E-state index is 5.56. The minimum Gasteiger partial charge on any atom is -0.334 e. The highest BCUT2D eigenvalue weighted by atomic mass is 16.5. The average molecular weight is 330 g/mol. The second kappa shape index (κ2) is 5.99. The lowest BCUT2D eigenvalue weighted by molar-refractivity contribution is 0.432. The molecule has 0 saturated heterocycles. The number of fused-ring (bicyclic) bond motifs is 1. The Morgan fingerprint density at radius 2 is 1.80 bits per heavy atom. The molecule has 0 radical (unpaired) electrons. The molecule has 1 heterocycles. The molecule has 126 valence electrons. The fourth-order valence-corrected chi connectivity index (χ4v) is 3.66. The van der Waals surface area contributed by atoms with E-state index in [0.29, 0.717) is 23.6 Å². The summed E-state index contributed by atoms with van der Waals surface area (Å²) in [5.74, 6) is 2.32. The van der Waals surface area contributed by atoms with Gasteiger partial charge in [0, 0.05) is 17.0 Å². The van der Waals surface area contributed by atoms with Gasteiger partial charge in [-0.05, 0) is 54.2 Å². The van der Waals surface area contributed by atoms with Crippen LogP contribution in [0.5, 0.6) is 0 Å². The van der Waals surface area contributed by atoms with Crippen molar-refractivity contribution in [1.29, 1.82) is 0 Å². The largest absolute Gasteiger partial charge is 0.334 e. The van der Waals surface area contributed by atoms with Crippen LogP contribution in [-0.2, 0) is 0 Å². The van der Waals surface area contributed by atoms with Crippen LogP contribution in [0.15, 0.2) is 47.0 Å². The van der Waals surface area contributed by atoms with Crippen molar-refractivity contribution >= 4 is 6.08 Å². The van der Waals surface area contributed by atoms with Crippen molar-refractivity contribution in [3.05, 3.63) is 64.7 Å². The van der Waals surface area contributed by atoms with Gasteiger partial charge in [-0.15, -0.1) is 0 Å². The van der Waals surface area contributed by atoms with Crippen molar-refractivity contribution in [1.82, 2.24) is 10.1 Å². The van der Waals surface area contributed by atoms with Crippen molar-refractivity contribution in [2.75, 3.05) is 0 Å². The summed E-state index contributed by atoms with van der Waals surface area (Å²) in [7, 11) is 0. The summed E-state index contributed by atoms with van der Waals surface area (Å²) in [6.45, 7) is 8.66. The first-order valence-corrected chi connectivity index (χ1v) is 8.77. The summed E-state index contributed by atoms with van der Waals surface area (Å²) in [6, 6.07) is 12.6. The van der Waals surface area contributed by atoms with Crippen molar-refractivity contribution < 1.29 is 4.52 Å². The zero-order valence-electron chi connectivity index (χ0n) is 15.1. The number of rotatable bonds is 3. The van der Waals surface area contributed by atoms with Gasteiger partial charge in [0.1, 0.15) is 0 Å². The third kappa shape index (κ3) is 2.70. The molecule has 0 N–H and O–H groups in total. The molecule has 1 aromatic heterocycles. The van der Waals surface area contributed by atoms with E-state index in [2.05, 4.69) is 80.3 Å². The van der Waals surface area contributed by atoms with E-state index in [4.69, 9.17) is 4.52 Å². The van der Waals surface area contributed by atoms with Crippen LogP contribution in [0.3, 0.4) is 0 Å². The zero-order valence-corrected chi connectivity index (χ0v) is 15.1. The van der Waals surface area contributed by atoms with Crippen LogP contribution in [0.1, 0.15) is 42.0 Å². The van der Waals surface area contributed by atoms with Gasteiger partial charge in [0.2, 0.25) is 5.82 Å². The number of nitrogens with zero attached hydrogens (tertiary/aromatic N) is 2. The quantitative estimate of drug-likeness (QED) is 0.610.